The summed E-state index contributed by atoms with van der Waals surface area (Å²) in [7, 11) is 0. The van der Waals surface area contributed by atoms with Crippen molar-refractivity contribution in [1.29, 1.82) is 0 Å². The maximum absolute atomic E-state index is 13.2. The SMILES string of the molecule is Cc1c(C(=O)N2CC(c3nn(CC(=O)N4CCOCC4(C)C)c4ccccc34)C2)ccnc1N. The number of nitrogen functional groups attached to an aromatic ring is 1. The number of para-hydroxylation sites is 1. The van der Waals surface area contributed by atoms with Crippen molar-refractivity contribution in [3.8, 4) is 0 Å². The monoisotopic (exact) mass is 462 g/mol. The highest BCUT2D eigenvalue weighted by molar-refractivity contribution is 5.97. The van der Waals surface area contributed by atoms with E-state index in [9.17, 15) is 9.59 Å². The molecule has 0 spiro atoms. The van der Waals surface area contributed by atoms with Crippen molar-refractivity contribution in [2.24, 2.45) is 0 Å². The number of amides is 2. The zero-order valence-electron chi connectivity index (χ0n) is 19.8. The average Bonchev–Trinajstić information content (AvgIpc) is 3.12. The van der Waals surface area contributed by atoms with Crippen LogP contribution in [0.25, 0.3) is 10.9 Å². The van der Waals surface area contributed by atoms with Crippen LogP contribution in [0.2, 0.25) is 0 Å². The van der Waals surface area contributed by atoms with Gasteiger partial charge in [-0.05, 0) is 32.9 Å². The van der Waals surface area contributed by atoms with Crippen LogP contribution in [0.3, 0.4) is 0 Å². The zero-order chi connectivity index (χ0) is 24.0. The van der Waals surface area contributed by atoms with Gasteiger partial charge in [0.25, 0.3) is 5.91 Å². The van der Waals surface area contributed by atoms with E-state index in [-0.39, 0.29) is 29.8 Å². The highest BCUT2D eigenvalue weighted by Gasteiger charge is 2.37. The van der Waals surface area contributed by atoms with Crippen LogP contribution in [0.4, 0.5) is 5.82 Å². The molecule has 0 radical (unpaired) electrons. The third-order valence-electron chi connectivity index (χ3n) is 6.95. The number of fused-ring (bicyclic) bond motifs is 1. The van der Waals surface area contributed by atoms with Crippen molar-refractivity contribution in [2.45, 2.75) is 38.8 Å². The minimum Gasteiger partial charge on any atom is -0.383 e. The second-order valence-electron chi connectivity index (χ2n) is 9.75. The summed E-state index contributed by atoms with van der Waals surface area (Å²) in [5.74, 6) is 0.478. The van der Waals surface area contributed by atoms with Crippen LogP contribution >= 0.6 is 0 Å². The summed E-state index contributed by atoms with van der Waals surface area (Å²) in [5, 5.41) is 5.89. The summed E-state index contributed by atoms with van der Waals surface area (Å²) in [6, 6.07) is 9.68. The van der Waals surface area contributed by atoms with E-state index >= 15 is 0 Å². The molecule has 2 saturated heterocycles. The Morgan fingerprint density at radius 1 is 1.21 bits per heavy atom. The molecule has 34 heavy (non-hydrogen) atoms. The van der Waals surface area contributed by atoms with Crippen molar-refractivity contribution in [3.05, 3.63) is 53.3 Å². The number of likely N-dealkylation sites (tertiary alicyclic amines) is 1. The summed E-state index contributed by atoms with van der Waals surface area (Å²) >= 11 is 0. The summed E-state index contributed by atoms with van der Waals surface area (Å²) < 4.78 is 7.36. The average molecular weight is 463 g/mol. The predicted octanol–water partition coefficient (Wildman–Crippen LogP) is 2.20. The largest absolute Gasteiger partial charge is 0.383 e. The molecule has 2 N–H and O–H groups in total. The second kappa shape index (κ2) is 8.39. The van der Waals surface area contributed by atoms with E-state index in [1.807, 2.05) is 54.8 Å². The van der Waals surface area contributed by atoms with E-state index in [1.165, 1.54) is 0 Å². The Morgan fingerprint density at radius 2 is 1.97 bits per heavy atom. The van der Waals surface area contributed by atoms with Gasteiger partial charge in [-0.2, -0.15) is 5.10 Å². The van der Waals surface area contributed by atoms with Gasteiger partial charge in [-0.1, -0.05) is 18.2 Å². The van der Waals surface area contributed by atoms with Gasteiger partial charge >= 0.3 is 0 Å². The molecule has 2 aromatic heterocycles. The smallest absolute Gasteiger partial charge is 0.254 e. The Balaban J connectivity index is 1.35. The molecule has 0 atom stereocenters. The molecule has 2 amide bonds. The molecule has 2 aliphatic heterocycles. The second-order valence-corrected chi connectivity index (χ2v) is 9.75. The van der Waals surface area contributed by atoms with Crippen molar-refractivity contribution in [2.75, 3.05) is 38.6 Å². The molecule has 9 nitrogen and oxygen atoms in total. The molecular weight excluding hydrogens is 432 g/mol. The highest BCUT2D eigenvalue weighted by Crippen LogP contribution is 2.33. The molecule has 0 aliphatic carbocycles. The first kappa shape index (κ1) is 22.3. The van der Waals surface area contributed by atoms with Crippen LogP contribution in [0.5, 0.6) is 0 Å². The summed E-state index contributed by atoms with van der Waals surface area (Å²) in [5.41, 5.74) is 8.68. The third-order valence-corrected chi connectivity index (χ3v) is 6.95. The van der Waals surface area contributed by atoms with E-state index in [0.717, 1.165) is 16.6 Å². The number of ether oxygens (including phenoxy) is 1. The predicted molar refractivity (Wildman–Crippen MR) is 128 cm³/mol. The lowest BCUT2D eigenvalue weighted by Crippen LogP contribution is -2.56. The Bertz CT molecular complexity index is 1260. The molecule has 4 heterocycles. The van der Waals surface area contributed by atoms with Crippen LogP contribution in [0, 0.1) is 6.92 Å². The van der Waals surface area contributed by atoms with Crippen LogP contribution in [-0.4, -0.2) is 74.8 Å². The molecule has 0 saturated carbocycles. The molecule has 5 rings (SSSR count). The molecule has 0 bridgehead atoms. The van der Waals surface area contributed by atoms with Gasteiger partial charge < -0.3 is 20.3 Å². The number of pyridine rings is 1. The first-order valence-corrected chi connectivity index (χ1v) is 11.6. The highest BCUT2D eigenvalue weighted by atomic mass is 16.5. The van der Waals surface area contributed by atoms with Crippen LogP contribution in [0.15, 0.2) is 36.5 Å². The van der Waals surface area contributed by atoms with E-state index < -0.39 is 0 Å². The number of morpholine rings is 1. The quantitative estimate of drug-likeness (QED) is 0.637. The number of rotatable bonds is 4. The molecule has 3 aromatic rings. The summed E-state index contributed by atoms with van der Waals surface area (Å²) in [6.45, 7) is 8.84. The van der Waals surface area contributed by atoms with Gasteiger partial charge in [0.2, 0.25) is 5.91 Å². The normalized spacial score (nSPS) is 18.2. The number of benzene rings is 1. The van der Waals surface area contributed by atoms with E-state index in [1.54, 1.807) is 16.9 Å². The van der Waals surface area contributed by atoms with Crippen LogP contribution in [0.1, 0.15) is 41.4 Å². The Labute approximate surface area is 198 Å². The Hall–Kier alpha value is -3.46. The number of nitrogens with zero attached hydrogens (tertiary/aromatic N) is 5. The topological polar surface area (TPSA) is 107 Å². The van der Waals surface area contributed by atoms with Gasteiger partial charge in [0.05, 0.1) is 30.0 Å². The molecule has 0 unspecified atom stereocenters. The molecule has 1 aromatic carbocycles. The van der Waals surface area contributed by atoms with Crippen molar-refractivity contribution in [3.63, 3.8) is 0 Å². The van der Waals surface area contributed by atoms with Crippen LogP contribution in [-0.2, 0) is 16.1 Å². The lowest BCUT2D eigenvalue weighted by molar-refractivity contribution is -0.147. The van der Waals surface area contributed by atoms with Gasteiger partial charge in [0, 0.05) is 48.3 Å². The van der Waals surface area contributed by atoms with E-state index in [0.29, 0.717) is 49.8 Å². The molecule has 178 valence electrons. The van der Waals surface area contributed by atoms with Crippen molar-refractivity contribution in [1.82, 2.24) is 24.6 Å². The number of carbonyl (C=O) groups excluding carboxylic acids is 2. The number of hydrogen-bond acceptors (Lipinski definition) is 6. The van der Waals surface area contributed by atoms with Gasteiger partial charge in [-0.15, -0.1) is 0 Å². The molecule has 9 heteroatoms. The van der Waals surface area contributed by atoms with Gasteiger partial charge in [0.15, 0.2) is 0 Å². The standard InChI is InChI=1S/C25H30N6O3/c1-16-18(8-9-27-23(16)26)24(33)29-12-17(13-29)22-19-6-4-5-7-20(19)31(28-22)14-21(32)30-10-11-34-15-25(30,2)3/h4-9,17H,10-15H2,1-3H3,(H2,26,27). The zero-order valence-corrected chi connectivity index (χ0v) is 19.8. The number of carbonyl (C=O) groups is 2. The van der Waals surface area contributed by atoms with Gasteiger partial charge in [0.1, 0.15) is 12.4 Å². The number of nitrogens with two attached hydrogens (primary N) is 1. The van der Waals surface area contributed by atoms with E-state index in [2.05, 4.69) is 4.98 Å². The fourth-order valence-corrected chi connectivity index (χ4v) is 4.88. The van der Waals surface area contributed by atoms with Gasteiger partial charge in [-0.25, -0.2) is 4.98 Å². The minimum atomic E-state index is -0.343. The lowest BCUT2D eigenvalue weighted by atomic mass is 9.93. The van der Waals surface area contributed by atoms with Crippen LogP contribution < -0.4 is 5.73 Å². The molecule has 2 fully saturated rings. The Morgan fingerprint density at radius 3 is 2.74 bits per heavy atom. The number of anilines is 1. The Kier molecular flexibility index (Phi) is 5.51. The van der Waals surface area contributed by atoms with Crippen molar-refractivity contribution >= 4 is 28.5 Å². The fourth-order valence-electron chi connectivity index (χ4n) is 4.88. The third kappa shape index (κ3) is 3.79. The lowest BCUT2D eigenvalue weighted by Gasteiger charge is -2.42. The molecular formula is C25H30N6O3. The first-order chi connectivity index (χ1) is 16.3. The maximum atomic E-state index is 13.2. The number of hydrogen-bond donors (Lipinski definition) is 1. The van der Waals surface area contributed by atoms with Gasteiger partial charge in [-0.3, -0.25) is 14.3 Å². The summed E-state index contributed by atoms with van der Waals surface area (Å²) in [4.78, 5) is 33.9. The van der Waals surface area contributed by atoms with E-state index in [4.69, 9.17) is 15.6 Å². The minimum absolute atomic E-state index is 0.0317. The fraction of sp³-hybridized carbons (Fsp3) is 0.440. The first-order valence-electron chi connectivity index (χ1n) is 11.6. The molecule has 2 aliphatic rings. The number of aromatic nitrogens is 3. The summed E-state index contributed by atoms with van der Waals surface area (Å²) in [6.07, 6.45) is 1.56. The van der Waals surface area contributed by atoms with Crippen molar-refractivity contribution < 1.29 is 14.3 Å². The maximum Gasteiger partial charge on any atom is 0.254 e.